The molecule has 0 aromatic carbocycles. The minimum absolute atomic E-state index is 0.125. The van der Waals surface area contributed by atoms with Crippen LogP contribution in [0.25, 0.3) is 0 Å². The first-order valence-electron chi connectivity index (χ1n) is 10.2. The minimum atomic E-state index is 0.125. The van der Waals surface area contributed by atoms with Crippen LogP contribution in [0, 0.1) is 12.8 Å². The average molecular weight is 358 g/mol. The fraction of sp³-hybridized carbons (Fsp3) is 0.750. The average Bonchev–Trinajstić information content (AvgIpc) is 2.98. The van der Waals surface area contributed by atoms with Crippen molar-refractivity contribution in [2.75, 3.05) is 19.6 Å². The Labute approximate surface area is 155 Å². The second-order valence-corrected chi connectivity index (χ2v) is 8.21. The number of aromatic nitrogens is 2. The number of hydrogen-bond donors (Lipinski definition) is 0. The predicted octanol–water partition coefficient (Wildman–Crippen LogP) is 2.15. The largest absolute Gasteiger partial charge is 0.338 e. The minimum Gasteiger partial charge on any atom is -0.338 e. The van der Waals surface area contributed by atoms with E-state index in [2.05, 4.69) is 16.5 Å². The molecule has 142 valence electrons. The van der Waals surface area contributed by atoms with Crippen molar-refractivity contribution < 1.29 is 9.59 Å². The van der Waals surface area contributed by atoms with Gasteiger partial charge in [-0.15, -0.1) is 0 Å². The summed E-state index contributed by atoms with van der Waals surface area (Å²) >= 11 is 0. The molecule has 4 rings (SSSR count). The lowest BCUT2D eigenvalue weighted by molar-refractivity contribution is -0.139. The zero-order chi connectivity index (χ0) is 18.1. The molecule has 1 aliphatic carbocycles. The first kappa shape index (κ1) is 17.6. The van der Waals surface area contributed by atoms with Crippen molar-refractivity contribution in [2.24, 2.45) is 5.92 Å². The molecule has 2 amide bonds. The quantitative estimate of drug-likeness (QED) is 0.750. The molecule has 3 fully saturated rings. The molecule has 3 aliphatic rings. The van der Waals surface area contributed by atoms with E-state index < -0.39 is 0 Å². The highest BCUT2D eigenvalue weighted by atomic mass is 16.2. The molecule has 1 atom stereocenters. The van der Waals surface area contributed by atoms with Crippen molar-refractivity contribution in [2.45, 2.75) is 70.9 Å². The summed E-state index contributed by atoms with van der Waals surface area (Å²) in [5.74, 6) is 2.26. The Morgan fingerprint density at radius 1 is 1.23 bits per heavy atom. The van der Waals surface area contributed by atoms with Gasteiger partial charge in [-0.1, -0.05) is 0 Å². The lowest BCUT2D eigenvalue weighted by atomic mass is 10.1. The summed E-state index contributed by atoms with van der Waals surface area (Å²) in [6.45, 7) is 5.08. The van der Waals surface area contributed by atoms with Crippen molar-refractivity contribution in [3.8, 4) is 0 Å². The third-order valence-electron chi connectivity index (χ3n) is 6.17. The van der Waals surface area contributed by atoms with E-state index in [0.29, 0.717) is 12.5 Å². The van der Waals surface area contributed by atoms with E-state index in [0.717, 1.165) is 57.7 Å². The summed E-state index contributed by atoms with van der Waals surface area (Å²) < 4.78 is 2.38. The Morgan fingerprint density at radius 2 is 2.08 bits per heavy atom. The molecule has 1 unspecified atom stereocenters. The van der Waals surface area contributed by atoms with E-state index in [4.69, 9.17) is 0 Å². The summed E-state index contributed by atoms with van der Waals surface area (Å²) in [5.41, 5.74) is 1.25. The standard InChI is InChI=1S/C20H30N4O2/c1-15-12-21-18(24(15)13-16-6-7-16)9-8-17-4-2-11-23(17)20(26)14-22-10-3-5-19(22)25/h12,16-17H,2-11,13-14H2,1H3. The van der Waals surface area contributed by atoms with E-state index >= 15 is 0 Å². The van der Waals surface area contributed by atoms with Gasteiger partial charge in [-0.2, -0.15) is 0 Å². The highest BCUT2D eigenvalue weighted by molar-refractivity contribution is 5.86. The number of imidazole rings is 1. The number of carbonyl (C=O) groups is 2. The first-order chi connectivity index (χ1) is 12.6. The Morgan fingerprint density at radius 3 is 2.81 bits per heavy atom. The van der Waals surface area contributed by atoms with E-state index in [-0.39, 0.29) is 18.4 Å². The van der Waals surface area contributed by atoms with Gasteiger partial charge in [0.15, 0.2) is 0 Å². The lowest BCUT2D eigenvalue weighted by Crippen LogP contribution is -2.43. The van der Waals surface area contributed by atoms with Gasteiger partial charge in [-0.25, -0.2) is 4.98 Å². The summed E-state index contributed by atoms with van der Waals surface area (Å²) in [5, 5.41) is 0. The third-order valence-corrected chi connectivity index (χ3v) is 6.17. The van der Waals surface area contributed by atoms with Crippen LogP contribution in [0.4, 0.5) is 0 Å². The normalized spacial score (nSPS) is 23.3. The number of aryl methyl sites for hydroxylation is 2. The van der Waals surface area contributed by atoms with Gasteiger partial charge in [0, 0.05) is 50.4 Å². The second kappa shape index (κ2) is 7.41. The van der Waals surface area contributed by atoms with E-state index in [9.17, 15) is 9.59 Å². The molecule has 2 aliphatic heterocycles. The number of rotatable bonds is 7. The van der Waals surface area contributed by atoms with Crippen molar-refractivity contribution in [1.82, 2.24) is 19.4 Å². The van der Waals surface area contributed by atoms with Gasteiger partial charge in [-0.3, -0.25) is 9.59 Å². The number of likely N-dealkylation sites (tertiary alicyclic amines) is 2. The fourth-order valence-corrected chi connectivity index (χ4v) is 4.40. The molecule has 6 nitrogen and oxygen atoms in total. The molecule has 1 aromatic rings. The molecule has 3 heterocycles. The van der Waals surface area contributed by atoms with Crippen LogP contribution in [0.5, 0.6) is 0 Å². The molecule has 0 spiro atoms. The molecule has 0 radical (unpaired) electrons. The van der Waals surface area contributed by atoms with Gasteiger partial charge >= 0.3 is 0 Å². The summed E-state index contributed by atoms with van der Waals surface area (Å²) in [6.07, 6.45) is 10.2. The van der Waals surface area contributed by atoms with Crippen LogP contribution in [0.15, 0.2) is 6.20 Å². The van der Waals surface area contributed by atoms with Crippen molar-refractivity contribution in [3.05, 3.63) is 17.7 Å². The fourth-order valence-electron chi connectivity index (χ4n) is 4.40. The molecule has 1 saturated carbocycles. The monoisotopic (exact) mass is 358 g/mol. The molecular weight excluding hydrogens is 328 g/mol. The molecule has 2 saturated heterocycles. The van der Waals surface area contributed by atoms with Crippen molar-refractivity contribution in [3.63, 3.8) is 0 Å². The summed E-state index contributed by atoms with van der Waals surface area (Å²) in [4.78, 5) is 32.9. The summed E-state index contributed by atoms with van der Waals surface area (Å²) in [7, 11) is 0. The van der Waals surface area contributed by atoms with Crippen molar-refractivity contribution >= 4 is 11.8 Å². The van der Waals surface area contributed by atoms with Gasteiger partial charge in [0.1, 0.15) is 5.82 Å². The maximum absolute atomic E-state index is 12.7. The zero-order valence-corrected chi connectivity index (χ0v) is 15.8. The highest BCUT2D eigenvalue weighted by Crippen LogP contribution is 2.32. The smallest absolute Gasteiger partial charge is 0.242 e. The van der Waals surface area contributed by atoms with Gasteiger partial charge in [0.25, 0.3) is 0 Å². The van der Waals surface area contributed by atoms with E-state index in [1.165, 1.54) is 24.4 Å². The number of carbonyl (C=O) groups excluding carboxylic acids is 2. The van der Waals surface area contributed by atoms with Gasteiger partial charge in [0.2, 0.25) is 11.8 Å². The summed E-state index contributed by atoms with van der Waals surface area (Å²) in [6, 6.07) is 0.298. The zero-order valence-electron chi connectivity index (χ0n) is 15.8. The second-order valence-electron chi connectivity index (χ2n) is 8.21. The molecule has 1 aromatic heterocycles. The van der Waals surface area contributed by atoms with Gasteiger partial charge < -0.3 is 14.4 Å². The van der Waals surface area contributed by atoms with Crippen LogP contribution in [-0.4, -0.2) is 56.8 Å². The highest BCUT2D eigenvalue weighted by Gasteiger charge is 2.32. The van der Waals surface area contributed by atoms with Gasteiger partial charge in [-0.05, 0) is 51.4 Å². The maximum atomic E-state index is 12.7. The van der Waals surface area contributed by atoms with E-state index in [1.807, 2.05) is 11.1 Å². The van der Waals surface area contributed by atoms with Crippen LogP contribution in [0.2, 0.25) is 0 Å². The van der Waals surface area contributed by atoms with Gasteiger partial charge in [0.05, 0.1) is 6.54 Å². The molecule has 26 heavy (non-hydrogen) atoms. The Kier molecular flexibility index (Phi) is 5.00. The third kappa shape index (κ3) is 3.79. The number of nitrogens with zero attached hydrogens (tertiary/aromatic N) is 4. The van der Waals surface area contributed by atoms with Crippen molar-refractivity contribution in [1.29, 1.82) is 0 Å². The molecule has 0 N–H and O–H groups in total. The molecular formula is C20H30N4O2. The Balaban J connectivity index is 1.34. The Hall–Kier alpha value is -1.85. The molecule has 0 bridgehead atoms. The Bertz CT molecular complexity index is 679. The van der Waals surface area contributed by atoms with E-state index in [1.54, 1.807) is 4.90 Å². The maximum Gasteiger partial charge on any atom is 0.242 e. The van der Waals surface area contributed by atoms with Crippen LogP contribution in [0.1, 0.15) is 56.5 Å². The molecule has 6 heteroatoms. The number of amides is 2. The predicted molar refractivity (Wildman–Crippen MR) is 98.6 cm³/mol. The van der Waals surface area contributed by atoms with Crippen LogP contribution in [0.3, 0.4) is 0 Å². The first-order valence-corrected chi connectivity index (χ1v) is 10.2. The topological polar surface area (TPSA) is 58.4 Å². The lowest BCUT2D eigenvalue weighted by Gasteiger charge is -2.27. The SMILES string of the molecule is Cc1cnc(CCC2CCCN2C(=O)CN2CCCC2=O)n1CC1CC1. The van der Waals surface area contributed by atoms with Crippen LogP contribution < -0.4 is 0 Å². The van der Waals surface area contributed by atoms with Crippen LogP contribution in [-0.2, 0) is 22.6 Å². The number of hydrogen-bond acceptors (Lipinski definition) is 3. The van der Waals surface area contributed by atoms with Crippen LogP contribution >= 0.6 is 0 Å².